The fraction of sp³-hybridized carbons (Fsp3) is 0.278. The molecule has 0 aliphatic rings. The number of carbonyl (C=O) groups excluding carboxylic acids is 2. The number of hydrogen-bond acceptors (Lipinski definition) is 9. The lowest BCUT2D eigenvalue weighted by Gasteiger charge is -2.20. The molecule has 49 heavy (non-hydrogen) atoms. The maximum Gasteiger partial charge on any atom is 0.344 e. The lowest BCUT2D eigenvalue weighted by molar-refractivity contribution is -0.158. The molecule has 0 aliphatic carbocycles. The van der Waals surface area contributed by atoms with E-state index in [0.29, 0.717) is 29.7 Å². The van der Waals surface area contributed by atoms with Crippen molar-refractivity contribution in [2.24, 2.45) is 0 Å². The second kappa shape index (κ2) is 16.8. The summed E-state index contributed by atoms with van der Waals surface area (Å²) in [6.07, 6.45) is 0. The van der Waals surface area contributed by atoms with E-state index in [-0.39, 0.29) is 13.2 Å². The first-order valence-electron chi connectivity index (χ1n) is 14.9. The molecular weight excluding hydrogens is 679 g/mol. The second-order valence-corrected chi connectivity index (χ2v) is 15.7. The van der Waals surface area contributed by atoms with Crippen LogP contribution in [0.25, 0.3) is 0 Å². The maximum absolute atomic E-state index is 12.5. The number of esters is 2. The van der Waals surface area contributed by atoms with E-state index < -0.39 is 60.7 Å². The van der Waals surface area contributed by atoms with Crippen molar-refractivity contribution >= 4 is 33.0 Å². The molecule has 4 rings (SSSR count). The first-order chi connectivity index (χ1) is 22.8. The highest BCUT2D eigenvalue weighted by atomic mass is 32.2. The van der Waals surface area contributed by atoms with Gasteiger partial charge in [-0.15, -0.1) is 0 Å². The van der Waals surface area contributed by atoms with Crippen LogP contribution in [0.3, 0.4) is 0 Å². The van der Waals surface area contributed by atoms with Crippen LogP contribution in [0, 0.1) is 11.6 Å². The van der Waals surface area contributed by atoms with Gasteiger partial charge in [0.05, 0.1) is 15.8 Å². The number of carbonyl (C=O) groups is 2. The first kappa shape index (κ1) is 39.0. The molecule has 0 amide bonds. The van der Waals surface area contributed by atoms with Gasteiger partial charge in [-0.3, -0.25) is 0 Å². The van der Waals surface area contributed by atoms with Crippen molar-refractivity contribution in [2.45, 2.75) is 72.3 Å². The van der Waals surface area contributed by atoms with Crippen LogP contribution >= 0.6 is 0 Å². The van der Waals surface area contributed by atoms with E-state index >= 15 is 0 Å². The maximum atomic E-state index is 12.5. The molecule has 0 radical (unpaired) electrons. The molecule has 13 heteroatoms. The normalized spacial score (nSPS) is 11.6. The molecule has 262 valence electrons. The van der Waals surface area contributed by atoms with Crippen molar-refractivity contribution in [1.29, 1.82) is 0 Å². The van der Waals surface area contributed by atoms with Crippen LogP contribution in [0.15, 0.2) is 117 Å². The van der Waals surface area contributed by atoms with Gasteiger partial charge in [-0.25, -0.2) is 26.8 Å². The van der Waals surface area contributed by atoms with E-state index in [2.05, 4.69) is 24.3 Å². The lowest BCUT2D eigenvalue weighted by Crippen LogP contribution is -2.27. The van der Waals surface area contributed by atoms with Gasteiger partial charge in [0.25, 0.3) is 0 Å². The monoisotopic (exact) mass is 716 g/mol. The quantitative estimate of drug-likeness (QED) is 0.0960. The molecule has 0 fully saturated rings. The van der Waals surface area contributed by atoms with Crippen molar-refractivity contribution in [3.8, 4) is 11.5 Å². The van der Waals surface area contributed by atoms with Crippen molar-refractivity contribution in [2.75, 3.05) is 13.2 Å². The van der Waals surface area contributed by atoms with Crippen LogP contribution in [-0.2, 0) is 40.1 Å². The van der Waals surface area contributed by atoms with Gasteiger partial charge in [0.2, 0.25) is 0 Å². The standard InChI is InChI=1S/C30H35O6S.C6H4F2O3S/c1-29(2,3)35-27(31)20-33-22-17-23(34-21-28(32)36-30(4,5)6)19-26(18-22)37(24-13-9-7-10-14-24)25-15-11-8-12-16-25;7-4-1-2-6(5(8)3-4)12(9,10)11/h7-19H,20-21H2,1-6H3;1-3H,(H,9,10,11)/q+1;/p-1. The minimum Gasteiger partial charge on any atom is -0.744 e. The molecule has 0 aromatic heterocycles. The van der Waals surface area contributed by atoms with Gasteiger partial charge >= 0.3 is 11.9 Å². The third-order valence-electron chi connectivity index (χ3n) is 5.76. The zero-order valence-corrected chi connectivity index (χ0v) is 29.5. The van der Waals surface area contributed by atoms with Gasteiger partial charge < -0.3 is 23.5 Å². The van der Waals surface area contributed by atoms with E-state index in [0.717, 1.165) is 14.7 Å². The molecule has 4 aromatic carbocycles. The summed E-state index contributed by atoms with van der Waals surface area (Å²) in [7, 11) is -5.33. The van der Waals surface area contributed by atoms with Crippen LogP contribution in [0.2, 0.25) is 0 Å². The molecule has 0 saturated carbocycles. The van der Waals surface area contributed by atoms with E-state index in [1.54, 1.807) is 47.6 Å². The predicted molar refractivity (Wildman–Crippen MR) is 178 cm³/mol. The Morgan fingerprint density at radius 2 is 1.08 bits per heavy atom. The summed E-state index contributed by atoms with van der Waals surface area (Å²) in [5, 5.41) is 0. The number of benzene rings is 4. The number of halogens is 2. The summed E-state index contributed by atoms with van der Waals surface area (Å²) in [5.74, 6) is -2.37. The highest BCUT2D eigenvalue weighted by Gasteiger charge is 2.30. The van der Waals surface area contributed by atoms with Gasteiger partial charge in [0.1, 0.15) is 44.5 Å². The van der Waals surface area contributed by atoms with Gasteiger partial charge in [-0.1, -0.05) is 36.4 Å². The average Bonchev–Trinajstić information content (AvgIpc) is 2.98. The van der Waals surface area contributed by atoms with Crippen LogP contribution < -0.4 is 9.47 Å². The van der Waals surface area contributed by atoms with Gasteiger partial charge in [0.15, 0.2) is 27.9 Å². The summed E-state index contributed by atoms with van der Waals surface area (Å²) in [6, 6.07) is 27.3. The molecule has 0 unspecified atom stereocenters. The summed E-state index contributed by atoms with van der Waals surface area (Å²) in [5.41, 5.74) is -1.23. The van der Waals surface area contributed by atoms with E-state index in [1.165, 1.54) is 0 Å². The largest absolute Gasteiger partial charge is 0.744 e. The fourth-order valence-corrected chi connectivity index (χ4v) is 6.73. The Morgan fingerprint density at radius 1 is 0.653 bits per heavy atom. The molecule has 0 atom stereocenters. The molecule has 9 nitrogen and oxygen atoms in total. The highest BCUT2D eigenvalue weighted by molar-refractivity contribution is 7.97. The third-order valence-corrected chi connectivity index (χ3v) is 8.83. The Hall–Kier alpha value is -4.46. The Bertz CT molecular complexity index is 1730. The summed E-state index contributed by atoms with van der Waals surface area (Å²) in [4.78, 5) is 26.7. The second-order valence-electron chi connectivity index (χ2n) is 12.4. The van der Waals surface area contributed by atoms with E-state index in [1.807, 2.05) is 48.5 Å². The Kier molecular flexibility index (Phi) is 13.3. The van der Waals surface area contributed by atoms with Crippen LogP contribution in [0.1, 0.15) is 41.5 Å². The number of rotatable bonds is 10. The van der Waals surface area contributed by atoms with Crippen LogP contribution in [0.4, 0.5) is 8.78 Å². The zero-order valence-electron chi connectivity index (χ0n) is 27.9. The SMILES string of the molecule is CC(C)(C)OC(=O)COc1cc(OCC(=O)OC(C)(C)C)cc([S+](c2ccccc2)c2ccccc2)c1.O=S(=O)([O-])c1ccc(F)cc1F. The number of hydrogen-bond donors (Lipinski definition) is 0. The van der Waals surface area contributed by atoms with Crippen molar-refractivity contribution in [1.82, 2.24) is 0 Å². The third kappa shape index (κ3) is 13.5. The summed E-state index contributed by atoms with van der Waals surface area (Å²) < 4.78 is 77.9. The zero-order chi connectivity index (χ0) is 36.4. The van der Waals surface area contributed by atoms with E-state index in [9.17, 15) is 31.3 Å². The van der Waals surface area contributed by atoms with Crippen LogP contribution in [0.5, 0.6) is 11.5 Å². The molecule has 0 aliphatic heterocycles. The van der Waals surface area contributed by atoms with Crippen molar-refractivity contribution in [3.05, 3.63) is 109 Å². The molecule has 0 saturated heterocycles. The summed E-state index contributed by atoms with van der Waals surface area (Å²) in [6.45, 7) is 10.3. The summed E-state index contributed by atoms with van der Waals surface area (Å²) >= 11 is 0. The molecule has 0 N–H and O–H groups in total. The predicted octanol–water partition coefficient (Wildman–Crippen LogP) is 7.09. The molecule has 4 aromatic rings. The Balaban J connectivity index is 0.000000456. The van der Waals surface area contributed by atoms with Crippen molar-refractivity contribution in [3.63, 3.8) is 0 Å². The van der Waals surface area contributed by atoms with Gasteiger partial charge in [0, 0.05) is 24.3 Å². The topological polar surface area (TPSA) is 128 Å². The average molecular weight is 717 g/mol. The van der Waals surface area contributed by atoms with Crippen molar-refractivity contribution < 1.29 is 50.3 Å². The van der Waals surface area contributed by atoms with E-state index in [4.69, 9.17) is 18.9 Å². The van der Waals surface area contributed by atoms with Crippen LogP contribution in [-0.4, -0.2) is 49.3 Å². The molecule has 0 bridgehead atoms. The minimum atomic E-state index is -4.84. The number of ether oxygens (including phenoxy) is 4. The highest BCUT2D eigenvalue weighted by Crippen LogP contribution is 2.36. The fourth-order valence-electron chi connectivity index (χ4n) is 4.06. The Morgan fingerprint density at radius 3 is 1.45 bits per heavy atom. The lowest BCUT2D eigenvalue weighted by atomic mass is 10.2. The Labute approximate surface area is 288 Å². The molecule has 0 spiro atoms. The molecule has 0 heterocycles. The van der Waals surface area contributed by atoms with Gasteiger partial charge in [-0.05, 0) is 77.9 Å². The molecular formula is C36H38F2O9S2. The minimum absolute atomic E-state index is 0.253. The smallest absolute Gasteiger partial charge is 0.344 e. The first-order valence-corrected chi connectivity index (χ1v) is 17.5. The van der Waals surface area contributed by atoms with Gasteiger partial charge in [-0.2, -0.15) is 0 Å².